The van der Waals surface area contributed by atoms with Gasteiger partial charge in [-0.2, -0.15) is 0 Å². The number of carbonyl (C=O) groups excluding carboxylic acids is 1. The van der Waals surface area contributed by atoms with Gasteiger partial charge in [0, 0.05) is 37.8 Å². The molecule has 1 aliphatic heterocycles. The summed E-state index contributed by atoms with van der Waals surface area (Å²) >= 11 is 5.92. The van der Waals surface area contributed by atoms with Gasteiger partial charge >= 0.3 is 0 Å². The predicted molar refractivity (Wildman–Crippen MR) is 92.8 cm³/mol. The van der Waals surface area contributed by atoms with Crippen molar-refractivity contribution in [2.75, 3.05) is 31.1 Å². The van der Waals surface area contributed by atoms with Crippen molar-refractivity contribution in [3.63, 3.8) is 0 Å². The van der Waals surface area contributed by atoms with Gasteiger partial charge in [0.1, 0.15) is 17.3 Å². The SMILES string of the molecule is CCC(C)(C)NC(=O)[C@H](C)N1CCN(c2cc(Cl)ncn2)CC1. The number of nitrogens with one attached hydrogen (secondary N) is 1. The van der Waals surface area contributed by atoms with Crippen LogP contribution in [0.4, 0.5) is 5.82 Å². The number of anilines is 1. The van der Waals surface area contributed by atoms with E-state index in [9.17, 15) is 4.79 Å². The second-order valence-corrected chi connectivity index (χ2v) is 7.01. The lowest BCUT2D eigenvalue weighted by Crippen LogP contribution is -2.56. The van der Waals surface area contributed by atoms with Crippen LogP contribution in [0.3, 0.4) is 0 Å². The lowest BCUT2D eigenvalue weighted by molar-refractivity contribution is -0.127. The van der Waals surface area contributed by atoms with Crippen LogP contribution in [0.5, 0.6) is 0 Å². The number of halogens is 1. The Morgan fingerprint density at radius 2 is 2.00 bits per heavy atom. The number of amides is 1. The van der Waals surface area contributed by atoms with Crippen molar-refractivity contribution in [3.8, 4) is 0 Å². The van der Waals surface area contributed by atoms with Crippen molar-refractivity contribution < 1.29 is 4.79 Å². The van der Waals surface area contributed by atoms with Crippen LogP contribution >= 0.6 is 11.6 Å². The molecular weight excluding hydrogens is 314 g/mol. The monoisotopic (exact) mass is 339 g/mol. The summed E-state index contributed by atoms with van der Waals surface area (Å²) in [6.45, 7) is 11.4. The summed E-state index contributed by atoms with van der Waals surface area (Å²) < 4.78 is 0. The van der Waals surface area contributed by atoms with E-state index in [1.54, 1.807) is 6.07 Å². The van der Waals surface area contributed by atoms with E-state index in [0.29, 0.717) is 5.15 Å². The zero-order valence-electron chi connectivity index (χ0n) is 14.3. The molecule has 0 unspecified atom stereocenters. The molecule has 1 aromatic heterocycles. The average Bonchev–Trinajstić information content (AvgIpc) is 2.54. The van der Waals surface area contributed by atoms with Crippen molar-refractivity contribution >= 4 is 23.3 Å². The molecule has 0 spiro atoms. The maximum atomic E-state index is 12.4. The molecule has 0 aliphatic carbocycles. The summed E-state index contributed by atoms with van der Waals surface area (Å²) in [7, 11) is 0. The fourth-order valence-electron chi connectivity index (χ4n) is 2.53. The van der Waals surface area contributed by atoms with Crippen molar-refractivity contribution in [1.29, 1.82) is 0 Å². The van der Waals surface area contributed by atoms with E-state index in [1.165, 1.54) is 6.33 Å². The van der Waals surface area contributed by atoms with Gasteiger partial charge in [-0.3, -0.25) is 9.69 Å². The second kappa shape index (κ2) is 7.45. The minimum atomic E-state index is -0.162. The van der Waals surface area contributed by atoms with E-state index in [-0.39, 0.29) is 17.5 Å². The Kier molecular flexibility index (Phi) is 5.81. The van der Waals surface area contributed by atoms with Gasteiger partial charge in [0.25, 0.3) is 0 Å². The quantitative estimate of drug-likeness (QED) is 0.831. The second-order valence-electron chi connectivity index (χ2n) is 6.62. The molecule has 1 amide bonds. The molecule has 0 aromatic carbocycles. The molecule has 6 nitrogen and oxygen atoms in total. The first-order chi connectivity index (χ1) is 10.8. The van der Waals surface area contributed by atoms with Crippen LogP contribution < -0.4 is 10.2 Å². The van der Waals surface area contributed by atoms with Gasteiger partial charge in [0.05, 0.1) is 6.04 Å². The maximum Gasteiger partial charge on any atom is 0.237 e. The highest BCUT2D eigenvalue weighted by Gasteiger charge is 2.28. The van der Waals surface area contributed by atoms with Crippen LogP contribution in [-0.4, -0.2) is 58.5 Å². The number of hydrogen-bond donors (Lipinski definition) is 1. The van der Waals surface area contributed by atoms with Gasteiger partial charge in [-0.1, -0.05) is 18.5 Å². The molecule has 1 fully saturated rings. The normalized spacial score (nSPS) is 17.9. The molecule has 128 valence electrons. The molecule has 1 saturated heterocycles. The Hall–Kier alpha value is -1.40. The van der Waals surface area contributed by atoms with Crippen LogP contribution in [0.1, 0.15) is 34.1 Å². The van der Waals surface area contributed by atoms with Gasteiger partial charge in [-0.05, 0) is 27.2 Å². The van der Waals surface area contributed by atoms with Crippen molar-refractivity contribution in [1.82, 2.24) is 20.2 Å². The topological polar surface area (TPSA) is 61.4 Å². The highest BCUT2D eigenvalue weighted by molar-refractivity contribution is 6.29. The van der Waals surface area contributed by atoms with Gasteiger partial charge in [-0.15, -0.1) is 0 Å². The standard InChI is InChI=1S/C16H26ClN5O/c1-5-16(3,4)20-15(23)12(2)21-6-8-22(9-7-21)14-10-13(17)18-11-19-14/h10-12H,5-9H2,1-4H3,(H,20,23)/t12-/m0/s1. The zero-order chi connectivity index (χ0) is 17.0. The number of piperazine rings is 1. The Bertz CT molecular complexity index is 543. The summed E-state index contributed by atoms with van der Waals surface area (Å²) in [5, 5.41) is 3.57. The molecule has 1 atom stereocenters. The number of aromatic nitrogens is 2. The van der Waals surface area contributed by atoms with E-state index < -0.39 is 0 Å². The average molecular weight is 340 g/mol. The maximum absolute atomic E-state index is 12.4. The molecule has 1 N–H and O–H groups in total. The molecular formula is C16H26ClN5O. The largest absolute Gasteiger partial charge is 0.354 e. The van der Waals surface area contributed by atoms with E-state index in [2.05, 4.69) is 45.9 Å². The summed E-state index contributed by atoms with van der Waals surface area (Å²) in [6, 6.07) is 1.65. The Balaban J connectivity index is 1.89. The van der Waals surface area contributed by atoms with Gasteiger partial charge in [0.15, 0.2) is 0 Å². The summed E-state index contributed by atoms with van der Waals surface area (Å²) in [5.41, 5.74) is -0.162. The molecule has 0 bridgehead atoms. The van der Waals surface area contributed by atoms with E-state index in [4.69, 9.17) is 11.6 Å². The first kappa shape index (κ1) is 17.9. The Labute approximate surface area is 143 Å². The number of nitrogens with zero attached hydrogens (tertiary/aromatic N) is 4. The highest BCUT2D eigenvalue weighted by Crippen LogP contribution is 2.17. The van der Waals surface area contributed by atoms with Crippen LogP contribution in [0.25, 0.3) is 0 Å². The fourth-order valence-corrected chi connectivity index (χ4v) is 2.67. The third-order valence-corrected chi connectivity index (χ3v) is 4.74. The van der Waals surface area contributed by atoms with Gasteiger partial charge < -0.3 is 10.2 Å². The summed E-state index contributed by atoms with van der Waals surface area (Å²) in [6.07, 6.45) is 2.39. The number of rotatable bonds is 5. The molecule has 7 heteroatoms. The molecule has 2 rings (SSSR count). The van der Waals surface area contributed by atoms with Gasteiger partial charge in [-0.25, -0.2) is 9.97 Å². The van der Waals surface area contributed by atoms with Crippen molar-refractivity contribution in [2.24, 2.45) is 0 Å². The summed E-state index contributed by atoms with van der Waals surface area (Å²) in [4.78, 5) is 25.0. The predicted octanol–water partition coefficient (Wildman–Crippen LogP) is 1.95. The van der Waals surface area contributed by atoms with Crippen LogP contribution in [0.15, 0.2) is 12.4 Å². The van der Waals surface area contributed by atoms with E-state index in [1.807, 2.05) is 6.92 Å². The van der Waals surface area contributed by atoms with Crippen molar-refractivity contribution in [3.05, 3.63) is 17.5 Å². The molecule has 23 heavy (non-hydrogen) atoms. The number of carbonyl (C=O) groups is 1. The lowest BCUT2D eigenvalue weighted by Gasteiger charge is -2.39. The minimum Gasteiger partial charge on any atom is -0.354 e. The van der Waals surface area contributed by atoms with Crippen LogP contribution in [0, 0.1) is 0 Å². The third kappa shape index (κ3) is 4.78. The zero-order valence-corrected chi connectivity index (χ0v) is 15.1. The highest BCUT2D eigenvalue weighted by atomic mass is 35.5. The smallest absolute Gasteiger partial charge is 0.237 e. The molecule has 0 saturated carbocycles. The number of hydrogen-bond acceptors (Lipinski definition) is 5. The van der Waals surface area contributed by atoms with Crippen LogP contribution in [-0.2, 0) is 4.79 Å². The molecule has 1 aliphatic rings. The van der Waals surface area contributed by atoms with E-state index >= 15 is 0 Å². The van der Waals surface area contributed by atoms with E-state index in [0.717, 1.165) is 38.4 Å². The third-order valence-electron chi connectivity index (χ3n) is 4.53. The van der Waals surface area contributed by atoms with Crippen LogP contribution in [0.2, 0.25) is 5.15 Å². The van der Waals surface area contributed by atoms with Crippen molar-refractivity contribution in [2.45, 2.75) is 45.7 Å². The molecule has 1 aromatic rings. The molecule has 0 radical (unpaired) electrons. The first-order valence-electron chi connectivity index (χ1n) is 8.11. The minimum absolute atomic E-state index is 0.0929. The lowest BCUT2D eigenvalue weighted by atomic mass is 10.0. The fraction of sp³-hybridized carbons (Fsp3) is 0.688. The Morgan fingerprint density at radius 3 is 2.57 bits per heavy atom. The Morgan fingerprint density at radius 1 is 1.35 bits per heavy atom. The van der Waals surface area contributed by atoms with Gasteiger partial charge in [0.2, 0.25) is 5.91 Å². The summed E-state index contributed by atoms with van der Waals surface area (Å²) in [5.74, 6) is 0.934. The first-order valence-corrected chi connectivity index (χ1v) is 8.49. The molecule has 2 heterocycles.